The van der Waals surface area contributed by atoms with Crippen LogP contribution in [0.5, 0.6) is 5.75 Å². The lowest BCUT2D eigenvalue weighted by molar-refractivity contribution is 0.252. The molecule has 0 saturated carbocycles. The minimum Gasteiger partial charge on any atom is -0.508 e. The first-order chi connectivity index (χ1) is 7.41. The molecular formula is C14H23NO. The minimum atomic E-state index is 0.325. The standard InChI is InChI=1S/C14H23NO/c1-11(14(2,3)4)9-15-10-12-7-5-6-8-13(12)16/h5-8,11,15-16H,9-10H2,1-4H3. The zero-order valence-electron chi connectivity index (χ0n) is 10.7. The van der Waals surface area contributed by atoms with Crippen molar-refractivity contribution in [2.75, 3.05) is 6.54 Å². The van der Waals surface area contributed by atoms with Crippen LogP contribution in [-0.4, -0.2) is 11.7 Å². The predicted molar refractivity (Wildman–Crippen MR) is 68.4 cm³/mol. The molecule has 0 radical (unpaired) electrons. The fraction of sp³-hybridized carbons (Fsp3) is 0.571. The maximum atomic E-state index is 9.60. The largest absolute Gasteiger partial charge is 0.508 e. The first-order valence-corrected chi connectivity index (χ1v) is 5.89. The van der Waals surface area contributed by atoms with Crippen LogP contribution in [0.1, 0.15) is 33.3 Å². The van der Waals surface area contributed by atoms with Gasteiger partial charge in [0, 0.05) is 12.1 Å². The van der Waals surface area contributed by atoms with Crippen LogP contribution in [0.15, 0.2) is 24.3 Å². The number of phenolic OH excluding ortho intramolecular Hbond substituents is 1. The van der Waals surface area contributed by atoms with E-state index in [1.54, 1.807) is 6.07 Å². The molecule has 1 aromatic rings. The number of aromatic hydroxyl groups is 1. The number of para-hydroxylation sites is 1. The molecule has 1 rings (SSSR count). The highest BCUT2D eigenvalue weighted by molar-refractivity contribution is 5.31. The lowest BCUT2D eigenvalue weighted by Crippen LogP contribution is -2.29. The summed E-state index contributed by atoms with van der Waals surface area (Å²) in [5.41, 5.74) is 1.29. The predicted octanol–water partition coefficient (Wildman–Crippen LogP) is 3.16. The first-order valence-electron chi connectivity index (χ1n) is 5.89. The summed E-state index contributed by atoms with van der Waals surface area (Å²) >= 11 is 0. The Balaban J connectivity index is 2.40. The van der Waals surface area contributed by atoms with Gasteiger partial charge in [-0.3, -0.25) is 0 Å². The third-order valence-electron chi connectivity index (χ3n) is 3.24. The molecule has 0 aliphatic carbocycles. The number of nitrogens with one attached hydrogen (secondary N) is 1. The molecule has 1 aromatic carbocycles. The second kappa shape index (κ2) is 5.35. The van der Waals surface area contributed by atoms with Crippen molar-refractivity contribution in [1.29, 1.82) is 0 Å². The van der Waals surface area contributed by atoms with Crippen molar-refractivity contribution < 1.29 is 5.11 Å². The van der Waals surface area contributed by atoms with Gasteiger partial charge in [0.1, 0.15) is 5.75 Å². The van der Waals surface area contributed by atoms with Gasteiger partial charge in [0.05, 0.1) is 0 Å². The van der Waals surface area contributed by atoms with Crippen LogP contribution in [0.2, 0.25) is 0 Å². The number of hydrogen-bond donors (Lipinski definition) is 2. The molecule has 2 N–H and O–H groups in total. The van der Waals surface area contributed by atoms with Crippen molar-refractivity contribution in [1.82, 2.24) is 5.32 Å². The van der Waals surface area contributed by atoms with E-state index >= 15 is 0 Å². The van der Waals surface area contributed by atoms with Gasteiger partial charge in [0.25, 0.3) is 0 Å². The van der Waals surface area contributed by atoms with E-state index in [9.17, 15) is 5.11 Å². The zero-order valence-corrected chi connectivity index (χ0v) is 10.7. The van der Waals surface area contributed by atoms with Crippen molar-refractivity contribution >= 4 is 0 Å². The summed E-state index contributed by atoms with van der Waals surface area (Å²) in [7, 11) is 0. The van der Waals surface area contributed by atoms with E-state index in [1.165, 1.54) is 0 Å². The van der Waals surface area contributed by atoms with Gasteiger partial charge in [-0.25, -0.2) is 0 Å². The number of phenols is 1. The molecular weight excluding hydrogens is 198 g/mol. The molecule has 0 amide bonds. The van der Waals surface area contributed by atoms with Crippen LogP contribution >= 0.6 is 0 Å². The Labute approximate surface area is 98.7 Å². The molecule has 0 fully saturated rings. The van der Waals surface area contributed by atoms with Gasteiger partial charge in [-0.1, -0.05) is 45.9 Å². The van der Waals surface area contributed by atoms with Crippen LogP contribution in [0.25, 0.3) is 0 Å². The molecule has 1 unspecified atom stereocenters. The second-order valence-corrected chi connectivity index (χ2v) is 5.53. The van der Waals surface area contributed by atoms with E-state index < -0.39 is 0 Å². The van der Waals surface area contributed by atoms with E-state index in [0.29, 0.717) is 17.1 Å². The molecule has 0 heterocycles. The minimum absolute atomic E-state index is 0.325. The Morgan fingerprint density at radius 3 is 2.44 bits per heavy atom. The number of rotatable bonds is 4. The van der Waals surface area contributed by atoms with Gasteiger partial charge in [0.15, 0.2) is 0 Å². The molecule has 2 nitrogen and oxygen atoms in total. The molecule has 0 aliphatic heterocycles. The van der Waals surface area contributed by atoms with Crippen molar-refractivity contribution in [3.8, 4) is 5.75 Å². The molecule has 0 aromatic heterocycles. The number of benzene rings is 1. The van der Waals surface area contributed by atoms with Gasteiger partial charge >= 0.3 is 0 Å². The third-order valence-corrected chi connectivity index (χ3v) is 3.24. The van der Waals surface area contributed by atoms with Crippen LogP contribution in [-0.2, 0) is 6.54 Å². The van der Waals surface area contributed by atoms with E-state index in [1.807, 2.05) is 18.2 Å². The quantitative estimate of drug-likeness (QED) is 0.818. The smallest absolute Gasteiger partial charge is 0.120 e. The van der Waals surface area contributed by atoms with E-state index in [0.717, 1.165) is 18.7 Å². The van der Waals surface area contributed by atoms with Gasteiger partial charge in [0.2, 0.25) is 0 Å². The highest BCUT2D eigenvalue weighted by Gasteiger charge is 2.19. The molecule has 0 saturated heterocycles. The fourth-order valence-electron chi connectivity index (χ4n) is 1.39. The van der Waals surface area contributed by atoms with Gasteiger partial charge < -0.3 is 10.4 Å². The molecule has 1 atom stereocenters. The summed E-state index contributed by atoms with van der Waals surface area (Å²) in [5, 5.41) is 13.0. The van der Waals surface area contributed by atoms with E-state index in [2.05, 4.69) is 33.0 Å². The Morgan fingerprint density at radius 2 is 1.88 bits per heavy atom. The van der Waals surface area contributed by atoms with Crippen molar-refractivity contribution in [2.24, 2.45) is 11.3 Å². The SMILES string of the molecule is CC(CNCc1ccccc1O)C(C)(C)C. The van der Waals surface area contributed by atoms with Crippen molar-refractivity contribution in [3.05, 3.63) is 29.8 Å². The van der Waals surface area contributed by atoms with E-state index in [-0.39, 0.29) is 0 Å². The summed E-state index contributed by atoms with van der Waals surface area (Å²) in [6, 6.07) is 7.47. The monoisotopic (exact) mass is 221 g/mol. The summed E-state index contributed by atoms with van der Waals surface area (Å²) < 4.78 is 0. The topological polar surface area (TPSA) is 32.3 Å². The van der Waals surface area contributed by atoms with Gasteiger partial charge in [-0.15, -0.1) is 0 Å². The highest BCUT2D eigenvalue weighted by Crippen LogP contribution is 2.24. The lowest BCUT2D eigenvalue weighted by atomic mass is 9.82. The van der Waals surface area contributed by atoms with Crippen molar-refractivity contribution in [3.63, 3.8) is 0 Å². The Bertz CT molecular complexity index is 328. The summed E-state index contributed by atoms with van der Waals surface area (Å²) in [6.07, 6.45) is 0. The van der Waals surface area contributed by atoms with Crippen LogP contribution in [0, 0.1) is 11.3 Å². The Morgan fingerprint density at radius 1 is 1.25 bits per heavy atom. The van der Waals surface area contributed by atoms with Crippen LogP contribution < -0.4 is 5.32 Å². The molecule has 0 spiro atoms. The fourth-order valence-corrected chi connectivity index (χ4v) is 1.39. The highest BCUT2D eigenvalue weighted by atomic mass is 16.3. The zero-order chi connectivity index (χ0) is 12.2. The maximum Gasteiger partial charge on any atom is 0.120 e. The van der Waals surface area contributed by atoms with Crippen molar-refractivity contribution in [2.45, 2.75) is 34.2 Å². The molecule has 0 bridgehead atoms. The average Bonchev–Trinajstić information content (AvgIpc) is 2.19. The van der Waals surface area contributed by atoms with Gasteiger partial charge in [-0.2, -0.15) is 0 Å². The summed E-state index contributed by atoms with van der Waals surface area (Å²) in [6.45, 7) is 10.7. The van der Waals surface area contributed by atoms with Crippen LogP contribution in [0.3, 0.4) is 0 Å². The average molecular weight is 221 g/mol. The normalized spacial score (nSPS) is 13.8. The summed E-state index contributed by atoms with van der Waals surface area (Å²) in [5.74, 6) is 0.983. The van der Waals surface area contributed by atoms with E-state index in [4.69, 9.17) is 0 Å². The van der Waals surface area contributed by atoms with Crippen LogP contribution in [0.4, 0.5) is 0 Å². The molecule has 90 valence electrons. The molecule has 2 heteroatoms. The first kappa shape index (κ1) is 13.0. The lowest BCUT2D eigenvalue weighted by Gasteiger charge is -2.27. The third kappa shape index (κ3) is 3.86. The number of hydrogen-bond acceptors (Lipinski definition) is 2. The van der Waals surface area contributed by atoms with Gasteiger partial charge in [-0.05, 0) is 23.9 Å². The Hall–Kier alpha value is -1.02. The molecule has 16 heavy (non-hydrogen) atoms. The summed E-state index contributed by atoms with van der Waals surface area (Å²) in [4.78, 5) is 0. The molecule has 0 aliphatic rings. The Kier molecular flexibility index (Phi) is 4.36. The maximum absolute atomic E-state index is 9.60. The second-order valence-electron chi connectivity index (χ2n) is 5.53.